The Kier molecular flexibility index (Phi) is 9.42. The molecule has 0 bridgehead atoms. The van der Waals surface area contributed by atoms with E-state index in [0.29, 0.717) is 18.0 Å². The minimum Gasteiger partial charge on any atom is -0.488 e. The van der Waals surface area contributed by atoms with Crippen molar-refractivity contribution in [2.24, 2.45) is 0 Å². The van der Waals surface area contributed by atoms with Gasteiger partial charge in [-0.15, -0.1) is 0 Å². The number of ether oxygens (including phenoxy) is 3. The van der Waals surface area contributed by atoms with Crippen molar-refractivity contribution in [1.29, 1.82) is 0 Å². The summed E-state index contributed by atoms with van der Waals surface area (Å²) >= 11 is 5.62. The van der Waals surface area contributed by atoms with Gasteiger partial charge in [0.1, 0.15) is 24.6 Å². The second kappa shape index (κ2) is 13.0. The van der Waals surface area contributed by atoms with Crippen LogP contribution in [0.3, 0.4) is 0 Å². The summed E-state index contributed by atoms with van der Waals surface area (Å²) in [7, 11) is 0. The van der Waals surface area contributed by atoms with E-state index >= 15 is 0 Å². The summed E-state index contributed by atoms with van der Waals surface area (Å²) in [6.45, 7) is 8.05. The number of hydrogen-bond donors (Lipinski definition) is 2. The minimum absolute atomic E-state index is 0.0410. The molecule has 0 fully saturated rings. The Morgan fingerprint density at radius 2 is 1.50 bits per heavy atom. The zero-order valence-corrected chi connectivity index (χ0v) is 24.2. The van der Waals surface area contributed by atoms with E-state index in [1.807, 2.05) is 69.3 Å². The van der Waals surface area contributed by atoms with Gasteiger partial charge in [-0.05, 0) is 67.1 Å². The first-order valence-corrected chi connectivity index (χ1v) is 13.8. The molecule has 2 N–H and O–H groups in total. The van der Waals surface area contributed by atoms with E-state index in [4.69, 9.17) is 26.4 Å². The number of carbonyl (C=O) groups excluding carboxylic acids is 2. The summed E-state index contributed by atoms with van der Waals surface area (Å²) in [5, 5.41) is 6.02. The number of nitrogens with one attached hydrogen (secondary N) is 2. The molecule has 0 saturated heterocycles. The summed E-state index contributed by atoms with van der Waals surface area (Å²) in [6.07, 6.45) is -0.108. The number of rotatable bonds is 10. The number of esters is 1. The van der Waals surface area contributed by atoms with E-state index in [-0.39, 0.29) is 30.7 Å². The Morgan fingerprint density at radius 1 is 0.900 bits per heavy atom. The first-order chi connectivity index (χ1) is 19.1. The average Bonchev–Trinajstić information content (AvgIpc) is 3.23. The topological polar surface area (TPSA) is 85.9 Å². The maximum atomic E-state index is 13.0. The first-order valence-electron chi connectivity index (χ1n) is 13.4. The third-order valence-electron chi connectivity index (χ3n) is 6.45. The quantitative estimate of drug-likeness (QED) is 0.184. The van der Waals surface area contributed by atoms with Gasteiger partial charge in [-0.3, -0.25) is 4.79 Å². The highest BCUT2D eigenvalue weighted by Crippen LogP contribution is 2.44. The van der Waals surface area contributed by atoms with Crippen LogP contribution in [0.5, 0.6) is 5.75 Å². The lowest BCUT2D eigenvalue weighted by atomic mass is 9.98. The van der Waals surface area contributed by atoms with Crippen LogP contribution in [0, 0.1) is 0 Å². The van der Waals surface area contributed by atoms with Gasteiger partial charge in [0.25, 0.3) is 0 Å². The van der Waals surface area contributed by atoms with Crippen molar-refractivity contribution in [3.8, 4) is 16.9 Å². The van der Waals surface area contributed by atoms with Gasteiger partial charge in [0.15, 0.2) is 0 Å². The molecule has 1 atom stereocenters. The van der Waals surface area contributed by atoms with E-state index in [0.717, 1.165) is 22.4 Å². The van der Waals surface area contributed by atoms with Gasteiger partial charge < -0.3 is 24.8 Å². The molecule has 3 aromatic carbocycles. The SMILES string of the molecule is CC(=O)OCCNC(=S)[C@H](Cc1ccc(OC(C)(C)C)cc1)NC(=O)OCC1c2ccccc2-c2ccccc21. The van der Waals surface area contributed by atoms with Crippen molar-refractivity contribution in [3.05, 3.63) is 89.5 Å². The second-order valence-electron chi connectivity index (χ2n) is 10.7. The molecule has 0 spiro atoms. The van der Waals surface area contributed by atoms with Crippen LogP contribution in [0.4, 0.5) is 4.79 Å². The Labute approximate surface area is 241 Å². The molecule has 3 aromatic rings. The van der Waals surface area contributed by atoms with Gasteiger partial charge in [0.05, 0.1) is 11.0 Å². The number of hydrogen-bond acceptors (Lipinski definition) is 6. The van der Waals surface area contributed by atoms with Gasteiger partial charge in [-0.2, -0.15) is 0 Å². The third kappa shape index (κ3) is 7.82. The molecule has 8 heteroatoms. The molecular weight excluding hydrogens is 524 g/mol. The predicted octanol–water partition coefficient (Wildman–Crippen LogP) is 5.79. The summed E-state index contributed by atoms with van der Waals surface area (Å²) in [5.74, 6) is 0.360. The number of thiocarbonyl (C=S) groups is 1. The highest BCUT2D eigenvalue weighted by molar-refractivity contribution is 7.80. The average molecular weight is 561 g/mol. The van der Waals surface area contributed by atoms with Crippen LogP contribution < -0.4 is 15.4 Å². The van der Waals surface area contributed by atoms with Gasteiger partial charge in [-0.25, -0.2) is 4.79 Å². The van der Waals surface area contributed by atoms with Crippen LogP contribution >= 0.6 is 12.2 Å². The molecule has 1 amide bonds. The molecule has 40 heavy (non-hydrogen) atoms. The van der Waals surface area contributed by atoms with Crippen LogP contribution in [0.1, 0.15) is 50.3 Å². The molecular formula is C32H36N2O5S. The van der Waals surface area contributed by atoms with Crippen LogP contribution in [0.2, 0.25) is 0 Å². The fourth-order valence-corrected chi connectivity index (χ4v) is 5.01. The van der Waals surface area contributed by atoms with E-state index in [1.54, 1.807) is 0 Å². The third-order valence-corrected chi connectivity index (χ3v) is 6.87. The van der Waals surface area contributed by atoms with Crippen molar-refractivity contribution in [1.82, 2.24) is 10.6 Å². The standard InChI is InChI=1S/C32H36N2O5S/c1-21(35)37-18-17-33-30(40)29(19-22-13-15-23(16-14-22)39-32(2,3)4)34-31(36)38-20-28-26-11-7-5-9-24(26)25-10-6-8-12-27(25)28/h5-16,28-29H,17-20H2,1-4H3,(H,33,40)(H,34,36)/t29-/m0/s1. The highest BCUT2D eigenvalue weighted by atomic mass is 32.1. The number of carbonyl (C=O) groups is 2. The molecule has 1 aliphatic carbocycles. The number of alkyl carbamates (subject to hydrolysis) is 1. The Bertz CT molecular complexity index is 1300. The van der Waals surface area contributed by atoms with Crippen LogP contribution in [0.25, 0.3) is 11.1 Å². The summed E-state index contributed by atoms with van der Waals surface area (Å²) < 4.78 is 16.7. The van der Waals surface area contributed by atoms with Gasteiger partial charge in [0, 0.05) is 19.4 Å². The fraction of sp³-hybridized carbons (Fsp3) is 0.344. The molecule has 1 aliphatic rings. The molecule has 0 saturated carbocycles. The molecule has 0 heterocycles. The summed E-state index contributed by atoms with van der Waals surface area (Å²) in [4.78, 5) is 24.6. The second-order valence-corrected chi connectivity index (χ2v) is 11.2. The largest absolute Gasteiger partial charge is 0.488 e. The van der Waals surface area contributed by atoms with Crippen molar-refractivity contribution in [2.75, 3.05) is 19.8 Å². The predicted molar refractivity (Wildman–Crippen MR) is 160 cm³/mol. The van der Waals surface area contributed by atoms with Crippen molar-refractivity contribution in [3.63, 3.8) is 0 Å². The van der Waals surface area contributed by atoms with Crippen molar-refractivity contribution >= 4 is 29.3 Å². The van der Waals surface area contributed by atoms with Crippen molar-refractivity contribution < 1.29 is 23.8 Å². The lowest BCUT2D eigenvalue weighted by Crippen LogP contribution is -2.48. The first kappa shape index (κ1) is 29.1. The normalized spacial score (nSPS) is 13.0. The molecule has 0 aliphatic heterocycles. The van der Waals surface area contributed by atoms with E-state index < -0.39 is 12.1 Å². The van der Waals surface area contributed by atoms with Gasteiger partial charge >= 0.3 is 12.1 Å². The summed E-state index contributed by atoms with van der Waals surface area (Å²) in [6, 6.07) is 23.6. The number of fused-ring (bicyclic) bond motifs is 3. The van der Waals surface area contributed by atoms with Crippen LogP contribution in [-0.4, -0.2) is 48.5 Å². The fourth-order valence-electron chi connectivity index (χ4n) is 4.77. The van der Waals surface area contributed by atoms with Crippen molar-refractivity contribution in [2.45, 2.75) is 51.7 Å². The molecule has 210 valence electrons. The Hall–Kier alpha value is -3.91. The lowest BCUT2D eigenvalue weighted by Gasteiger charge is -2.23. The maximum absolute atomic E-state index is 13.0. The van der Waals surface area contributed by atoms with Crippen LogP contribution in [-0.2, 0) is 20.7 Å². The Morgan fingerprint density at radius 3 is 2.08 bits per heavy atom. The van der Waals surface area contributed by atoms with Crippen LogP contribution in [0.15, 0.2) is 72.8 Å². The number of benzene rings is 3. The lowest BCUT2D eigenvalue weighted by molar-refractivity contribution is -0.140. The van der Waals surface area contributed by atoms with Gasteiger partial charge in [0.2, 0.25) is 0 Å². The Balaban J connectivity index is 1.42. The zero-order valence-electron chi connectivity index (χ0n) is 23.4. The monoisotopic (exact) mass is 560 g/mol. The van der Waals surface area contributed by atoms with E-state index in [1.165, 1.54) is 18.1 Å². The van der Waals surface area contributed by atoms with E-state index in [9.17, 15) is 9.59 Å². The molecule has 0 aromatic heterocycles. The van der Waals surface area contributed by atoms with Gasteiger partial charge in [-0.1, -0.05) is 72.9 Å². The maximum Gasteiger partial charge on any atom is 0.407 e. The summed E-state index contributed by atoms with van der Waals surface area (Å²) in [5.41, 5.74) is 5.29. The molecule has 0 unspecified atom stereocenters. The highest BCUT2D eigenvalue weighted by Gasteiger charge is 2.29. The minimum atomic E-state index is -0.552. The molecule has 0 radical (unpaired) electrons. The zero-order chi connectivity index (χ0) is 28.7. The molecule has 4 rings (SSSR count). The molecule has 7 nitrogen and oxygen atoms in total. The number of amides is 1. The smallest absolute Gasteiger partial charge is 0.407 e. The van der Waals surface area contributed by atoms with E-state index in [2.05, 4.69) is 34.9 Å².